The Morgan fingerprint density at radius 2 is 2.38 bits per heavy atom. The second-order valence-corrected chi connectivity index (χ2v) is 4.62. The Balaban J connectivity index is 2.45. The number of aromatic nitrogens is 2. The molecule has 0 bridgehead atoms. The van der Waals surface area contributed by atoms with Crippen LogP contribution in [0.4, 0.5) is 5.95 Å². The first kappa shape index (κ1) is 10.2. The zero-order chi connectivity index (χ0) is 9.84. The third-order valence-electron chi connectivity index (χ3n) is 1.76. The number of nitrogens with zero attached hydrogens (tertiary/aromatic N) is 2. The highest BCUT2D eigenvalue weighted by Gasteiger charge is 2.00. The van der Waals surface area contributed by atoms with Gasteiger partial charge in [0.2, 0.25) is 0 Å². The van der Waals surface area contributed by atoms with Crippen LogP contribution in [0.1, 0.15) is 12.1 Å². The number of aryl methyl sites for hydroxylation is 2. The summed E-state index contributed by atoms with van der Waals surface area (Å²) in [5.74, 6) is 1.26. The van der Waals surface area contributed by atoms with Crippen molar-refractivity contribution in [3.8, 4) is 0 Å². The molecule has 1 aromatic rings. The van der Waals surface area contributed by atoms with E-state index >= 15 is 0 Å². The Labute approximate surface area is 80.6 Å². The Bertz CT molecular complexity index is 308. The molecule has 0 saturated heterocycles. The minimum atomic E-state index is -0.714. The maximum atomic E-state index is 10.8. The fourth-order valence-corrected chi connectivity index (χ4v) is 1.72. The van der Waals surface area contributed by atoms with Gasteiger partial charge in [-0.2, -0.15) is 0 Å². The predicted octanol–water partition coefficient (Wildman–Crippen LogP) is 0.542. The quantitative estimate of drug-likeness (QED) is 0.773. The monoisotopic (exact) mass is 201 g/mol. The van der Waals surface area contributed by atoms with Crippen molar-refractivity contribution >= 4 is 16.7 Å². The third kappa shape index (κ3) is 3.18. The molecule has 5 heteroatoms. The van der Waals surface area contributed by atoms with Crippen molar-refractivity contribution < 1.29 is 4.21 Å². The number of imidazole rings is 1. The highest BCUT2D eigenvalue weighted by atomic mass is 32.2. The molecular weight excluding hydrogens is 186 g/mol. The molecule has 0 spiro atoms. The summed E-state index contributed by atoms with van der Waals surface area (Å²) in [6.45, 7) is 2.71. The van der Waals surface area contributed by atoms with E-state index in [0.29, 0.717) is 5.95 Å². The summed E-state index contributed by atoms with van der Waals surface area (Å²) in [4.78, 5) is 4.07. The third-order valence-corrected chi connectivity index (χ3v) is 2.62. The lowest BCUT2D eigenvalue weighted by Crippen LogP contribution is -2.05. The Morgan fingerprint density at radius 1 is 1.69 bits per heavy atom. The number of nitrogen functional groups attached to an aromatic ring is 1. The Morgan fingerprint density at radius 3 is 2.85 bits per heavy atom. The average molecular weight is 201 g/mol. The van der Waals surface area contributed by atoms with E-state index in [2.05, 4.69) is 4.98 Å². The van der Waals surface area contributed by atoms with Crippen molar-refractivity contribution in [2.24, 2.45) is 0 Å². The first-order chi connectivity index (χ1) is 6.09. The van der Waals surface area contributed by atoms with Crippen LogP contribution in [-0.4, -0.2) is 25.8 Å². The van der Waals surface area contributed by atoms with Crippen LogP contribution in [0.25, 0.3) is 0 Å². The molecule has 1 atom stereocenters. The van der Waals surface area contributed by atoms with Crippen molar-refractivity contribution in [3.63, 3.8) is 0 Å². The van der Waals surface area contributed by atoms with E-state index in [4.69, 9.17) is 5.73 Å². The number of anilines is 1. The fourth-order valence-electron chi connectivity index (χ4n) is 1.18. The molecule has 0 aliphatic rings. The fraction of sp³-hybridized carbons (Fsp3) is 0.625. The van der Waals surface area contributed by atoms with Gasteiger partial charge in [-0.15, -0.1) is 0 Å². The summed E-state index contributed by atoms with van der Waals surface area (Å²) in [7, 11) is -0.714. The largest absolute Gasteiger partial charge is 0.369 e. The van der Waals surface area contributed by atoms with Crippen LogP contribution in [0, 0.1) is 6.92 Å². The van der Waals surface area contributed by atoms with Crippen molar-refractivity contribution in [1.82, 2.24) is 9.55 Å². The smallest absolute Gasteiger partial charge is 0.200 e. The molecule has 0 aromatic carbocycles. The lowest BCUT2D eigenvalue weighted by molar-refractivity contribution is 0.664. The summed E-state index contributed by atoms with van der Waals surface area (Å²) < 4.78 is 12.7. The van der Waals surface area contributed by atoms with Gasteiger partial charge in [-0.25, -0.2) is 4.98 Å². The molecule has 74 valence electrons. The number of hydrogen-bond acceptors (Lipinski definition) is 3. The highest BCUT2D eigenvalue weighted by Crippen LogP contribution is 2.04. The van der Waals surface area contributed by atoms with Crippen LogP contribution in [0.5, 0.6) is 0 Å². The van der Waals surface area contributed by atoms with Gasteiger partial charge in [0.15, 0.2) is 5.95 Å². The lowest BCUT2D eigenvalue weighted by Gasteiger charge is -2.02. The number of hydrogen-bond donors (Lipinski definition) is 1. The molecule has 0 amide bonds. The summed E-state index contributed by atoms with van der Waals surface area (Å²) in [5, 5.41) is 0. The predicted molar refractivity (Wildman–Crippen MR) is 54.9 cm³/mol. The van der Waals surface area contributed by atoms with E-state index in [9.17, 15) is 4.21 Å². The van der Waals surface area contributed by atoms with Crippen LogP contribution in [-0.2, 0) is 17.3 Å². The molecule has 0 aliphatic carbocycles. The zero-order valence-corrected chi connectivity index (χ0v) is 8.80. The second kappa shape index (κ2) is 4.41. The molecule has 1 rings (SSSR count). The first-order valence-corrected chi connectivity index (χ1v) is 5.91. The number of nitrogens with two attached hydrogens (primary N) is 1. The van der Waals surface area contributed by atoms with Gasteiger partial charge in [-0.1, -0.05) is 0 Å². The molecule has 1 unspecified atom stereocenters. The molecule has 0 aliphatic heterocycles. The van der Waals surface area contributed by atoms with E-state index in [-0.39, 0.29) is 0 Å². The molecule has 0 radical (unpaired) electrons. The molecule has 13 heavy (non-hydrogen) atoms. The van der Waals surface area contributed by atoms with Gasteiger partial charge >= 0.3 is 0 Å². The summed E-state index contributed by atoms with van der Waals surface area (Å²) in [5.41, 5.74) is 6.56. The van der Waals surface area contributed by atoms with Crippen molar-refractivity contribution in [1.29, 1.82) is 0 Å². The van der Waals surface area contributed by atoms with Crippen LogP contribution in [0.15, 0.2) is 6.20 Å². The minimum absolute atomic E-state index is 0.541. The average Bonchev–Trinajstić information content (AvgIpc) is 2.29. The molecule has 0 fully saturated rings. The van der Waals surface area contributed by atoms with Gasteiger partial charge in [0.25, 0.3) is 0 Å². The summed E-state index contributed by atoms with van der Waals surface area (Å²) >= 11 is 0. The molecular formula is C8H15N3OS. The Kier molecular flexibility index (Phi) is 3.48. The van der Waals surface area contributed by atoms with Gasteiger partial charge < -0.3 is 10.3 Å². The number of rotatable bonds is 4. The van der Waals surface area contributed by atoms with Gasteiger partial charge in [-0.05, 0) is 13.3 Å². The molecule has 1 aromatic heterocycles. The van der Waals surface area contributed by atoms with E-state index in [1.165, 1.54) is 0 Å². The van der Waals surface area contributed by atoms with E-state index in [0.717, 1.165) is 24.4 Å². The van der Waals surface area contributed by atoms with Crippen LogP contribution >= 0.6 is 0 Å². The molecule has 1 heterocycles. The molecule has 2 N–H and O–H groups in total. The standard InChI is InChI=1S/C8H15N3OS/c1-7-6-11(8(9)10-7)4-3-5-13(2)12/h6H,3-5H2,1-2H3,(H2,9,10). The van der Waals surface area contributed by atoms with E-state index in [1.807, 2.05) is 17.7 Å². The second-order valence-electron chi connectivity index (χ2n) is 3.06. The summed E-state index contributed by atoms with van der Waals surface area (Å²) in [6.07, 6.45) is 4.50. The van der Waals surface area contributed by atoms with Gasteiger partial charge in [-0.3, -0.25) is 4.21 Å². The normalized spacial score (nSPS) is 13.1. The zero-order valence-electron chi connectivity index (χ0n) is 7.99. The minimum Gasteiger partial charge on any atom is -0.369 e. The maximum absolute atomic E-state index is 10.8. The SMILES string of the molecule is Cc1cn(CCCS(C)=O)c(N)n1. The maximum Gasteiger partial charge on any atom is 0.200 e. The van der Waals surface area contributed by atoms with E-state index < -0.39 is 10.8 Å². The van der Waals surface area contributed by atoms with Crippen LogP contribution in [0.2, 0.25) is 0 Å². The Hall–Kier alpha value is -0.840. The molecule has 0 saturated carbocycles. The molecule has 4 nitrogen and oxygen atoms in total. The van der Waals surface area contributed by atoms with Crippen molar-refractivity contribution in [2.45, 2.75) is 19.9 Å². The summed E-state index contributed by atoms with van der Waals surface area (Å²) in [6, 6.07) is 0. The topological polar surface area (TPSA) is 60.9 Å². The lowest BCUT2D eigenvalue weighted by atomic mass is 10.5. The van der Waals surface area contributed by atoms with Crippen molar-refractivity contribution in [3.05, 3.63) is 11.9 Å². The van der Waals surface area contributed by atoms with Crippen molar-refractivity contribution in [2.75, 3.05) is 17.7 Å². The van der Waals surface area contributed by atoms with Gasteiger partial charge in [0.05, 0.1) is 5.69 Å². The first-order valence-electron chi connectivity index (χ1n) is 4.19. The highest BCUT2D eigenvalue weighted by molar-refractivity contribution is 7.84. The van der Waals surface area contributed by atoms with Gasteiger partial charge in [0, 0.05) is 35.5 Å². The van der Waals surface area contributed by atoms with Crippen LogP contribution < -0.4 is 5.73 Å². The van der Waals surface area contributed by atoms with Crippen LogP contribution in [0.3, 0.4) is 0 Å². The van der Waals surface area contributed by atoms with E-state index in [1.54, 1.807) is 6.26 Å². The van der Waals surface area contributed by atoms with Gasteiger partial charge in [0.1, 0.15) is 0 Å².